The Bertz CT molecular complexity index is 205. The standard InChI is InChI=1S/C8H15N3/c1-3-11-7-8(6-10-11)4-5-9-2/h6-7,9H,3-5H2,1-2H3. The third kappa shape index (κ3) is 2.35. The molecule has 0 aliphatic heterocycles. The zero-order valence-corrected chi connectivity index (χ0v) is 7.17. The van der Waals surface area contributed by atoms with E-state index in [1.54, 1.807) is 0 Å². The second-order valence-corrected chi connectivity index (χ2v) is 2.56. The maximum Gasteiger partial charge on any atom is 0.0522 e. The fourth-order valence-corrected chi connectivity index (χ4v) is 0.978. The number of aromatic nitrogens is 2. The van der Waals surface area contributed by atoms with Crippen molar-refractivity contribution in [3.63, 3.8) is 0 Å². The number of nitrogens with zero attached hydrogens (tertiary/aromatic N) is 2. The minimum absolute atomic E-state index is 0.958. The molecule has 1 N–H and O–H groups in total. The van der Waals surface area contributed by atoms with Crippen molar-refractivity contribution in [1.29, 1.82) is 0 Å². The van der Waals surface area contributed by atoms with E-state index in [1.807, 2.05) is 17.9 Å². The molecule has 1 aromatic heterocycles. The van der Waals surface area contributed by atoms with Crippen LogP contribution in [0.4, 0.5) is 0 Å². The molecule has 0 bridgehead atoms. The summed E-state index contributed by atoms with van der Waals surface area (Å²) < 4.78 is 1.95. The molecule has 0 spiro atoms. The van der Waals surface area contributed by atoms with Crippen LogP contribution in [0.5, 0.6) is 0 Å². The first kappa shape index (κ1) is 8.27. The number of likely N-dealkylation sites (N-methyl/N-ethyl adjacent to an activating group) is 1. The molecule has 0 radical (unpaired) electrons. The molecule has 0 saturated carbocycles. The van der Waals surface area contributed by atoms with Crippen LogP contribution in [0, 0.1) is 0 Å². The number of nitrogens with one attached hydrogen (secondary N) is 1. The van der Waals surface area contributed by atoms with E-state index in [-0.39, 0.29) is 0 Å². The van der Waals surface area contributed by atoms with Crippen LogP contribution in [0.2, 0.25) is 0 Å². The Kier molecular flexibility index (Phi) is 3.11. The Balaban J connectivity index is 2.44. The molecule has 0 aliphatic carbocycles. The topological polar surface area (TPSA) is 29.9 Å². The summed E-state index contributed by atoms with van der Waals surface area (Å²) in [7, 11) is 1.96. The van der Waals surface area contributed by atoms with E-state index in [9.17, 15) is 0 Å². The summed E-state index contributed by atoms with van der Waals surface area (Å²) in [6, 6.07) is 0. The van der Waals surface area contributed by atoms with Crippen molar-refractivity contribution in [2.75, 3.05) is 13.6 Å². The highest BCUT2D eigenvalue weighted by atomic mass is 15.3. The van der Waals surface area contributed by atoms with Gasteiger partial charge in [-0.05, 0) is 32.5 Å². The van der Waals surface area contributed by atoms with E-state index < -0.39 is 0 Å². The van der Waals surface area contributed by atoms with Crippen molar-refractivity contribution in [1.82, 2.24) is 15.1 Å². The third-order valence-electron chi connectivity index (χ3n) is 1.67. The molecule has 1 heterocycles. The second-order valence-electron chi connectivity index (χ2n) is 2.56. The fraction of sp³-hybridized carbons (Fsp3) is 0.625. The molecule has 1 rings (SSSR count). The van der Waals surface area contributed by atoms with Gasteiger partial charge in [-0.25, -0.2) is 0 Å². The summed E-state index contributed by atoms with van der Waals surface area (Å²) in [6.07, 6.45) is 5.09. The number of aryl methyl sites for hydroxylation is 1. The average molecular weight is 153 g/mol. The lowest BCUT2D eigenvalue weighted by molar-refractivity contribution is 0.658. The van der Waals surface area contributed by atoms with Gasteiger partial charge in [-0.15, -0.1) is 0 Å². The van der Waals surface area contributed by atoms with Gasteiger partial charge in [-0.2, -0.15) is 5.10 Å². The van der Waals surface area contributed by atoms with Crippen LogP contribution in [0.3, 0.4) is 0 Å². The minimum atomic E-state index is 0.958. The fourth-order valence-electron chi connectivity index (χ4n) is 0.978. The Labute approximate surface area is 67.4 Å². The van der Waals surface area contributed by atoms with Gasteiger partial charge in [0.1, 0.15) is 0 Å². The second kappa shape index (κ2) is 4.13. The summed E-state index contributed by atoms with van der Waals surface area (Å²) in [5, 5.41) is 7.28. The monoisotopic (exact) mass is 153 g/mol. The van der Waals surface area contributed by atoms with Crippen molar-refractivity contribution in [2.45, 2.75) is 19.9 Å². The van der Waals surface area contributed by atoms with Crippen LogP contribution in [0.1, 0.15) is 12.5 Å². The van der Waals surface area contributed by atoms with Crippen LogP contribution in [0.25, 0.3) is 0 Å². The van der Waals surface area contributed by atoms with Crippen LogP contribution < -0.4 is 5.32 Å². The molecule has 0 saturated heterocycles. The van der Waals surface area contributed by atoms with Gasteiger partial charge in [-0.3, -0.25) is 4.68 Å². The maximum absolute atomic E-state index is 4.18. The Hall–Kier alpha value is -0.830. The van der Waals surface area contributed by atoms with Gasteiger partial charge in [0.25, 0.3) is 0 Å². The molecule has 3 nitrogen and oxygen atoms in total. The third-order valence-corrected chi connectivity index (χ3v) is 1.67. The Morgan fingerprint density at radius 2 is 2.45 bits per heavy atom. The smallest absolute Gasteiger partial charge is 0.0522 e. The molecule has 11 heavy (non-hydrogen) atoms. The van der Waals surface area contributed by atoms with Gasteiger partial charge in [-0.1, -0.05) is 0 Å². The molecule has 0 aliphatic rings. The van der Waals surface area contributed by atoms with E-state index in [0.717, 1.165) is 19.5 Å². The van der Waals surface area contributed by atoms with Crippen LogP contribution in [0.15, 0.2) is 12.4 Å². The average Bonchev–Trinajstić information content (AvgIpc) is 2.48. The van der Waals surface area contributed by atoms with E-state index in [1.165, 1.54) is 5.56 Å². The molecule has 3 heteroatoms. The molecule has 1 aromatic rings. The number of hydrogen-bond acceptors (Lipinski definition) is 2. The molecule has 0 unspecified atom stereocenters. The van der Waals surface area contributed by atoms with E-state index >= 15 is 0 Å². The van der Waals surface area contributed by atoms with Crippen molar-refractivity contribution in [3.05, 3.63) is 18.0 Å². The number of rotatable bonds is 4. The molecule has 0 amide bonds. The highest BCUT2D eigenvalue weighted by Gasteiger charge is 1.94. The first-order chi connectivity index (χ1) is 5.36. The molecule has 0 atom stereocenters. The highest BCUT2D eigenvalue weighted by molar-refractivity contribution is 5.03. The molecule has 0 fully saturated rings. The summed E-state index contributed by atoms with van der Waals surface area (Å²) >= 11 is 0. The maximum atomic E-state index is 4.18. The highest BCUT2D eigenvalue weighted by Crippen LogP contribution is 1.97. The van der Waals surface area contributed by atoms with Gasteiger partial charge in [0.15, 0.2) is 0 Å². The Morgan fingerprint density at radius 3 is 3.00 bits per heavy atom. The number of hydrogen-bond donors (Lipinski definition) is 1. The predicted molar refractivity (Wildman–Crippen MR) is 45.5 cm³/mol. The van der Waals surface area contributed by atoms with Crippen molar-refractivity contribution in [3.8, 4) is 0 Å². The summed E-state index contributed by atoms with van der Waals surface area (Å²) in [6.45, 7) is 4.07. The van der Waals surface area contributed by atoms with Crippen LogP contribution in [-0.4, -0.2) is 23.4 Å². The van der Waals surface area contributed by atoms with Gasteiger partial charge in [0, 0.05) is 12.7 Å². The van der Waals surface area contributed by atoms with Gasteiger partial charge < -0.3 is 5.32 Å². The van der Waals surface area contributed by atoms with Crippen molar-refractivity contribution < 1.29 is 0 Å². The molecular formula is C8H15N3. The first-order valence-electron chi connectivity index (χ1n) is 4.02. The van der Waals surface area contributed by atoms with Crippen LogP contribution >= 0.6 is 0 Å². The molecular weight excluding hydrogens is 138 g/mol. The van der Waals surface area contributed by atoms with E-state index in [4.69, 9.17) is 0 Å². The predicted octanol–water partition coefficient (Wildman–Crippen LogP) is 0.665. The SMILES string of the molecule is CCn1cc(CCNC)cn1. The summed E-state index contributed by atoms with van der Waals surface area (Å²) in [4.78, 5) is 0. The first-order valence-corrected chi connectivity index (χ1v) is 4.02. The lowest BCUT2D eigenvalue weighted by Gasteiger charge is -1.94. The quantitative estimate of drug-likeness (QED) is 0.689. The van der Waals surface area contributed by atoms with Gasteiger partial charge in [0.05, 0.1) is 6.20 Å². The van der Waals surface area contributed by atoms with Crippen molar-refractivity contribution in [2.24, 2.45) is 0 Å². The molecule has 62 valence electrons. The zero-order chi connectivity index (χ0) is 8.10. The minimum Gasteiger partial charge on any atom is -0.319 e. The lowest BCUT2D eigenvalue weighted by atomic mass is 10.2. The van der Waals surface area contributed by atoms with Crippen LogP contribution in [-0.2, 0) is 13.0 Å². The summed E-state index contributed by atoms with van der Waals surface area (Å²) in [5.41, 5.74) is 1.31. The van der Waals surface area contributed by atoms with E-state index in [2.05, 4.69) is 23.5 Å². The van der Waals surface area contributed by atoms with Gasteiger partial charge >= 0.3 is 0 Å². The van der Waals surface area contributed by atoms with E-state index in [0.29, 0.717) is 0 Å². The largest absolute Gasteiger partial charge is 0.319 e. The van der Waals surface area contributed by atoms with Crippen molar-refractivity contribution >= 4 is 0 Å². The Morgan fingerprint density at radius 1 is 1.64 bits per heavy atom. The zero-order valence-electron chi connectivity index (χ0n) is 7.17. The summed E-state index contributed by atoms with van der Waals surface area (Å²) in [5.74, 6) is 0. The molecule has 0 aromatic carbocycles. The lowest BCUT2D eigenvalue weighted by Crippen LogP contribution is -2.09. The van der Waals surface area contributed by atoms with Gasteiger partial charge in [0.2, 0.25) is 0 Å². The normalized spacial score (nSPS) is 10.4.